The third-order valence-corrected chi connectivity index (χ3v) is 3.22. The second-order valence-corrected chi connectivity index (χ2v) is 4.68. The molecule has 0 radical (unpaired) electrons. The molecule has 2 nitrogen and oxygen atoms in total. The standard InChI is InChI=1S/C12H26N2.C2H6/c1-4-5-6-7-13-8-10-14(11-9-13)12(2)3;1-2/h12H,4-11H2,1-3H3;1-2H3. The average Bonchev–Trinajstić information content (AvgIpc) is 2.33. The second-order valence-electron chi connectivity index (χ2n) is 4.68. The Balaban J connectivity index is 0.00000106. The van der Waals surface area contributed by atoms with E-state index in [2.05, 4.69) is 30.6 Å². The van der Waals surface area contributed by atoms with Gasteiger partial charge in [-0.1, -0.05) is 33.6 Å². The van der Waals surface area contributed by atoms with E-state index >= 15 is 0 Å². The van der Waals surface area contributed by atoms with Crippen LogP contribution in [0.25, 0.3) is 0 Å². The maximum absolute atomic E-state index is 2.62. The van der Waals surface area contributed by atoms with Crippen molar-refractivity contribution in [3.05, 3.63) is 0 Å². The van der Waals surface area contributed by atoms with Gasteiger partial charge in [0.25, 0.3) is 0 Å². The molecule has 1 heterocycles. The fourth-order valence-electron chi connectivity index (χ4n) is 2.09. The Morgan fingerprint density at radius 2 is 1.50 bits per heavy atom. The number of hydrogen-bond acceptors (Lipinski definition) is 2. The molecule has 2 heteroatoms. The maximum atomic E-state index is 2.62. The van der Waals surface area contributed by atoms with Gasteiger partial charge in [-0.3, -0.25) is 4.90 Å². The summed E-state index contributed by atoms with van der Waals surface area (Å²) in [6, 6.07) is 0.729. The lowest BCUT2D eigenvalue weighted by molar-refractivity contribution is 0.107. The van der Waals surface area contributed by atoms with Gasteiger partial charge in [0.15, 0.2) is 0 Å². The molecule has 1 fully saturated rings. The first-order valence-corrected chi connectivity index (χ1v) is 7.20. The highest BCUT2D eigenvalue weighted by Crippen LogP contribution is 2.07. The predicted octanol–water partition coefficient (Wildman–Crippen LogP) is 3.23. The van der Waals surface area contributed by atoms with E-state index in [9.17, 15) is 0 Å². The van der Waals surface area contributed by atoms with Gasteiger partial charge >= 0.3 is 0 Å². The van der Waals surface area contributed by atoms with Gasteiger partial charge in [-0.2, -0.15) is 0 Å². The molecule has 0 atom stereocenters. The summed E-state index contributed by atoms with van der Waals surface area (Å²) in [5.41, 5.74) is 0. The van der Waals surface area contributed by atoms with Crippen LogP contribution in [0.15, 0.2) is 0 Å². The molecule has 1 aliphatic rings. The number of nitrogens with zero attached hydrogens (tertiary/aromatic N) is 2. The third-order valence-electron chi connectivity index (χ3n) is 3.22. The molecule has 0 N–H and O–H groups in total. The van der Waals surface area contributed by atoms with Gasteiger partial charge in [0.05, 0.1) is 0 Å². The van der Waals surface area contributed by atoms with Crippen molar-refractivity contribution in [3.63, 3.8) is 0 Å². The third kappa shape index (κ3) is 6.49. The summed E-state index contributed by atoms with van der Waals surface area (Å²) in [6.45, 7) is 17.3. The zero-order chi connectivity index (χ0) is 12.4. The largest absolute Gasteiger partial charge is 0.301 e. The highest BCUT2D eigenvalue weighted by Gasteiger charge is 2.17. The van der Waals surface area contributed by atoms with E-state index in [1.165, 1.54) is 52.0 Å². The Morgan fingerprint density at radius 3 is 1.94 bits per heavy atom. The Bertz CT molecular complexity index is 138. The Hall–Kier alpha value is -0.0800. The van der Waals surface area contributed by atoms with E-state index in [-0.39, 0.29) is 0 Å². The molecule has 1 saturated heterocycles. The molecule has 1 rings (SSSR count). The first-order chi connectivity index (χ1) is 7.74. The minimum atomic E-state index is 0.729. The highest BCUT2D eigenvalue weighted by atomic mass is 15.3. The lowest BCUT2D eigenvalue weighted by Gasteiger charge is -2.36. The van der Waals surface area contributed by atoms with Gasteiger partial charge in [-0.05, 0) is 26.8 Å². The van der Waals surface area contributed by atoms with Gasteiger partial charge in [-0.15, -0.1) is 0 Å². The van der Waals surface area contributed by atoms with Crippen molar-refractivity contribution < 1.29 is 0 Å². The monoisotopic (exact) mass is 228 g/mol. The summed E-state index contributed by atoms with van der Waals surface area (Å²) >= 11 is 0. The van der Waals surface area contributed by atoms with Gasteiger partial charge in [0.1, 0.15) is 0 Å². The molecule has 0 amide bonds. The number of piperazine rings is 1. The van der Waals surface area contributed by atoms with Crippen molar-refractivity contribution in [2.45, 2.75) is 59.9 Å². The number of rotatable bonds is 5. The first-order valence-electron chi connectivity index (χ1n) is 7.20. The minimum Gasteiger partial charge on any atom is -0.301 e. The molecule has 16 heavy (non-hydrogen) atoms. The number of hydrogen-bond donors (Lipinski definition) is 0. The molecule has 0 saturated carbocycles. The predicted molar refractivity (Wildman–Crippen MR) is 74.0 cm³/mol. The summed E-state index contributed by atoms with van der Waals surface area (Å²) in [5, 5.41) is 0. The quantitative estimate of drug-likeness (QED) is 0.667. The summed E-state index contributed by atoms with van der Waals surface area (Å²) in [4.78, 5) is 5.20. The number of unbranched alkanes of at least 4 members (excludes halogenated alkanes) is 2. The van der Waals surface area contributed by atoms with E-state index < -0.39 is 0 Å². The second kappa shape index (κ2) is 10.1. The van der Waals surface area contributed by atoms with E-state index in [4.69, 9.17) is 0 Å². The van der Waals surface area contributed by atoms with Crippen LogP contribution < -0.4 is 0 Å². The topological polar surface area (TPSA) is 6.48 Å². The summed E-state index contributed by atoms with van der Waals surface area (Å²) in [7, 11) is 0. The van der Waals surface area contributed by atoms with Crippen LogP contribution in [0, 0.1) is 0 Å². The molecule has 0 aromatic rings. The molecule has 98 valence electrons. The molecule has 1 aliphatic heterocycles. The van der Waals surface area contributed by atoms with Gasteiger partial charge < -0.3 is 4.90 Å². The molecular formula is C14H32N2. The zero-order valence-corrected chi connectivity index (χ0v) is 12.1. The van der Waals surface area contributed by atoms with Crippen LogP contribution in [-0.2, 0) is 0 Å². The molecular weight excluding hydrogens is 196 g/mol. The first kappa shape index (κ1) is 15.9. The van der Waals surface area contributed by atoms with Crippen molar-refractivity contribution in [2.24, 2.45) is 0 Å². The van der Waals surface area contributed by atoms with Crippen molar-refractivity contribution >= 4 is 0 Å². The molecule has 0 bridgehead atoms. The van der Waals surface area contributed by atoms with Crippen LogP contribution in [0.4, 0.5) is 0 Å². The van der Waals surface area contributed by atoms with Crippen molar-refractivity contribution in [1.29, 1.82) is 0 Å². The van der Waals surface area contributed by atoms with Gasteiger partial charge in [0, 0.05) is 32.2 Å². The van der Waals surface area contributed by atoms with E-state index in [1.807, 2.05) is 13.8 Å². The fraction of sp³-hybridized carbons (Fsp3) is 1.00. The van der Waals surface area contributed by atoms with Crippen molar-refractivity contribution in [3.8, 4) is 0 Å². The molecule has 0 aliphatic carbocycles. The van der Waals surface area contributed by atoms with Crippen LogP contribution in [0.2, 0.25) is 0 Å². The van der Waals surface area contributed by atoms with E-state index in [0.29, 0.717) is 0 Å². The van der Waals surface area contributed by atoms with Gasteiger partial charge in [0.2, 0.25) is 0 Å². The van der Waals surface area contributed by atoms with Crippen LogP contribution >= 0.6 is 0 Å². The zero-order valence-electron chi connectivity index (χ0n) is 12.1. The fourth-order valence-corrected chi connectivity index (χ4v) is 2.09. The van der Waals surface area contributed by atoms with E-state index in [1.54, 1.807) is 0 Å². The summed E-state index contributed by atoms with van der Waals surface area (Å²) < 4.78 is 0. The van der Waals surface area contributed by atoms with Crippen molar-refractivity contribution in [2.75, 3.05) is 32.7 Å². The van der Waals surface area contributed by atoms with Gasteiger partial charge in [-0.25, -0.2) is 0 Å². The normalized spacial score (nSPS) is 18.4. The average molecular weight is 228 g/mol. The highest BCUT2D eigenvalue weighted by molar-refractivity contribution is 4.73. The summed E-state index contributed by atoms with van der Waals surface area (Å²) in [5.74, 6) is 0. The van der Waals surface area contributed by atoms with E-state index in [0.717, 1.165) is 6.04 Å². The molecule has 0 aromatic carbocycles. The smallest absolute Gasteiger partial charge is 0.0113 e. The Kier molecular flexibility index (Phi) is 10.0. The lowest BCUT2D eigenvalue weighted by atomic mass is 10.2. The van der Waals surface area contributed by atoms with Crippen LogP contribution in [0.5, 0.6) is 0 Å². The molecule has 0 aromatic heterocycles. The Labute approximate surface area is 103 Å². The van der Waals surface area contributed by atoms with Crippen LogP contribution in [-0.4, -0.2) is 48.6 Å². The SMILES string of the molecule is CC.CCCCCN1CCN(C(C)C)CC1. The minimum absolute atomic E-state index is 0.729. The summed E-state index contributed by atoms with van der Waals surface area (Å²) in [6.07, 6.45) is 4.12. The Morgan fingerprint density at radius 1 is 0.938 bits per heavy atom. The molecule has 0 unspecified atom stereocenters. The van der Waals surface area contributed by atoms with Crippen LogP contribution in [0.3, 0.4) is 0 Å². The lowest BCUT2D eigenvalue weighted by Crippen LogP contribution is -2.48. The maximum Gasteiger partial charge on any atom is 0.0113 e. The van der Waals surface area contributed by atoms with Crippen LogP contribution in [0.1, 0.15) is 53.9 Å². The molecule has 0 spiro atoms. The van der Waals surface area contributed by atoms with Crippen molar-refractivity contribution in [1.82, 2.24) is 9.80 Å².